The normalized spacial score (nSPS) is 31.7. The number of ether oxygens (including phenoxy) is 3. The molecular formula is C22H38N4O5. The van der Waals surface area contributed by atoms with Crippen molar-refractivity contribution in [3.63, 3.8) is 0 Å². The molecule has 0 unspecified atom stereocenters. The minimum Gasteiger partial charge on any atom is -0.376 e. The quantitative estimate of drug-likeness (QED) is 0.527. The van der Waals surface area contributed by atoms with E-state index >= 15 is 0 Å². The van der Waals surface area contributed by atoms with E-state index in [1.807, 2.05) is 0 Å². The van der Waals surface area contributed by atoms with Crippen LogP contribution in [0.15, 0.2) is 0 Å². The largest absolute Gasteiger partial charge is 0.376 e. The van der Waals surface area contributed by atoms with Gasteiger partial charge in [0, 0.05) is 25.7 Å². The summed E-state index contributed by atoms with van der Waals surface area (Å²) in [6.45, 7) is 9.30. The van der Waals surface area contributed by atoms with Crippen molar-refractivity contribution in [2.75, 3.05) is 46.4 Å². The van der Waals surface area contributed by atoms with Crippen LogP contribution in [0.25, 0.3) is 0 Å². The van der Waals surface area contributed by atoms with E-state index in [0.717, 1.165) is 45.3 Å². The summed E-state index contributed by atoms with van der Waals surface area (Å²) in [6.07, 6.45) is 2.93. The zero-order valence-corrected chi connectivity index (χ0v) is 19.3. The Morgan fingerprint density at radius 2 is 2.06 bits per heavy atom. The van der Waals surface area contributed by atoms with Gasteiger partial charge >= 0.3 is 0 Å². The minimum absolute atomic E-state index is 0.0212. The summed E-state index contributed by atoms with van der Waals surface area (Å²) in [5.41, 5.74) is -0.0994. The summed E-state index contributed by atoms with van der Waals surface area (Å²) in [4.78, 5) is 16.6. The third-order valence-electron chi connectivity index (χ3n) is 6.71. The highest BCUT2D eigenvalue weighted by atomic mass is 16.7. The molecule has 31 heavy (non-hydrogen) atoms. The molecule has 2 N–H and O–H groups in total. The maximum absolute atomic E-state index is 12.5. The second-order valence-electron chi connectivity index (χ2n) is 9.76. The van der Waals surface area contributed by atoms with Crippen LogP contribution in [0.4, 0.5) is 0 Å². The highest BCUT2D eigenvalue weighted by molar-refractivity contribution is 5.79. The van der Waals surface area contributed by atoms with Gasteiger partial charge in [-0.3, -0.25) is 4.79 Å². The maximum Gasteiger partial charge on any atom is 0.237 e. The van der Waals surface area contributed by atoms with Crippen LogP contribution in [0.1, 0.15) is 46.5 Å². The molecule has 3 aliphatic rings. The molecule has 3 fully saturated rings. The molecule has 0 aromatic heterocycles. The number of aliphatic hydroxyl groups is 1. The molecule has 1 amide bonds. The predicted octanol–water partition coefficient (Wildman–Crippen LogP) is 0.472. The molecule has 0 bridgehead atoms. The predicted molar refractivity (Wildman–Crippen MR) is 114 cm³/mol. The Morgan fingerprint density at radius 1 is 1.35 bits per heavy atom. The van der Waals surface area contributed by atoms with E-state index in [9.17, 15) is 15.2 Å². The Bertz CT molecular complexity index is 653. The lowest BCUT2D eigenvalue weighted by atomic mass is 9.89. The highest BCUT2D eigenvalue weighted by Gasteiger charge is 2.42. The second kappa shape index (κ2) is 10.1. The smallest absolute Gasteiger partial charge is 0.237 e. The van der Waals surface area contributed by atoms with Gasteiger partial charge in [0.05, 0.1) is 25.3 Å². The lowest BCUT2D eigenvalue weighted by Crippen LogP contribution is -2.55. The molecular weight excluding hydrogens is 400 g/mol. The minimum atomic E-state index is -1.22. The molecule has 9 heteroatoms. The Labute approximate surface area is 185 Å². The van der Waals surface area contributed by atoms with Crippen LogP contribution in [0, 0.1) is 11.3 Å². The number of carbonyl (C=O) groups is 1. The van der Waals surface area contributed by atoms with E-state index in [2.05, 4.69) is 23.2 Å². The van der Waals surface area contributed by atoms with E-state index in [-0.39, 0.29) is 42.3 Å². The standard InChI is InChI=1S/C22H38N4O5/c1-21(2,28)31-18-15-30-17(20(18)29-4)14-25-10-7-22(3,8-11-25)24-13-19(27)26-9-5-6-16(26)12-23/h16-18,20,24,28H,5-11,13-15H2,1-4H3/t16-,17+,18-,20-/m0/s1. The maximum atomic E-state index is 12.5. The van der Waals surface area contributed by atoms with Crippen LogP contribution in [0.5, 0.6) is 0 Å². The lowest BCUT2D eigenvalue weighted by Gasteiger charge is -2.41. The lowest BCUT2D eigenvalue weighted by molar-refractivity contribution is -0.220. The van der Waals surface area contributed by atoms with Gasteiger partial charge in [-0.25, -0.2) is 0 Å². The third-order valence-corrected chi connectivity index (χ3v) is 6.71. The van der Waals surface area contributed by atoms with Gasteiger partial charge in [0.1, 0.15) is 18.2 Å². The molecule has 0 aliphatic carbocycles. The van der Waals surface area contributed by atoms with Crippen molar-refractivity contribution in [1.82, 2.24) is 15.1 Å². The summed E-state index contributed by atoms with van der Waals surface area (Å²) in [6, 6.07) is 1.96. The average Bonchev–Trinajstić information content (AvgIpc) is 3.33. The van der Waals surface area contributed by atoms with E-state index in [4.69, 9.17) is 14.2 Å². The fraction of sp³-hybridized carbons (Fsp3) is 0.909. The zero-order chi connectivity index (χ0) is 22.6. The van der Waals surface area contributed by atoms with Crippen molar-refractivity contribution in [3.8, 4) is 6.07 Å². The molecule has 0 spiro atoms. The number of hydrogen-bond donors (Lipinski definition) is 2. The number of piperidine rings is 1. The molecule has 3 saturated heterocycles. The van der Waals surface area contributed by atoms with Crippen molar-refractivity contribution in [2.24, 2.45) is 0 Å². The van der Waals surface area contributed by atoms with Gasteiger partial charge in [-0.05, 0) is 59.5 Å². The first kappa shape index (κ1) is 24.4. The van der Waals surface area contributed by atoms with Gasteiger partial charge in [0.15, 0.2) is 5.79 Å². The Kier molecular flexibility index (Phi) is 7.95. The van der Waals surface area contributed by atoms with Crippen molar-refractivity contribution >= 4 is 5.91 Å². The molecule has 9 nitrogen and oxygen atoms in total. The number of nitrogens with one attached hydrogen (secondary N) is 1. The average molecular weight is 439 g/mol. The molecule has 3 aliphatic heterocycles. The van der Waals surface area contributed by atoms with E-state index in [0.29, 0.717) is 13.2 Å². The molecule has 0 aromatic carbocycles. The number of nitriles is 1. The first-order chi connectivity index (χ1) is 14.6. The summed E-state index contributed by atoms with van der Waals surface area (Å²) in [7, 11) is 1.65. The van der Waals surface area contributed by atoms with Crippen molar-refractivity contribution in [2.45, 2.75) is 82.1 Å². The Morgan fingerprint density at radius 3 is 2.68 bits per heavy atom. The van der Waals surface area contributed by atoms with Gasteiger partial charge in [-0.2, -0.15) is 5.26 Å². The summed E-state index contributed by atoms with van der Waals surface area (Å²) >= 11 is 0. The summed E-state index contributed by atoms with van der Waals surface area (Å²) in [5.74, 6) is -1.20. The van der Waals surface area contributed by atoms with Crippen LogP contribution < -0.4 is 5.32 Å². The van der Waals surface area contributed by atoms with Crippen molar-refractivity contribution < 1.29 is 24.1 Å². The van der Waals surface area contributed by atoms with E-state index < -0.39 is 5.79 Å². The molecule has 4 atom stereocenters. The Hall–Kier alpha value is -1.28. The summed E-state index contributed by atoms with van der Waals surface area (Å²) < 4.78 is 17.3. The molecule has 0 saturated carbocycles. The topological polar surface area (TPSA) is 107 Å². The molecule has 176 valence electrons. The molecule has 0 radical (unpaired) electrons. The fourth-order valence-electron chi connectivity index (χ4n) is 4.83. The molecule has 3 heterocycles. The van der Waals surface area contributed by atoms with Gasteiger partial charge in [0.25, 0.3) is 0 Å². The fourth-order valence-corrected chi connectivity index (χ4v) is 4.83. The van der Waals surface area contributed by atoms with Gasteiger partial charge in [-0.15, -0.1) is 0 Å². The number of methoxy groups -OCH3 is 1. The number of amides is 1. The third kappa shape index (κ3) is 6.37. The first-order valence-electron chi connectivity index (χ1n) is 11.4. The van der Waals surface area contributed by atoms with Crippen molar-refractivity contribution in [3.05, 3.63) is 0 Å². The number of carbonyl (C=O) groups excluding carboxylic acids is 1. The van der Waals surface area contributed by atoms with Gasteiger partial charge in [0.2, 0.25) is 5.91 Å². The Balaban J connectivity index is 1.44. The monoisotopic (exact) mass is 438 g/mol. The zero-order valence-electron chi connectivity index (χ0n) is 19.3. The van der Waals surface area contributed by atoms with E-state index in [1.165, 1.54) is 0 Å². The highest BCUT2D eigenvalue weighted by Crippen LogP contribution is 2.27. The van der Waals surface area contributed by atoms with Crippen LogP contribution in [-0.4, -0.2) is 103 Å². The molecule has 3 rings (SSSR count). The second-order valence-corrected chi connectivity index (χ2v) is 9.76. The number of hydrogen-bond acceptors (Lipinski definition) is 8. The number of rotatable bonds is 8. The van der Waals surface area contributed by atoms with Gasteiger partial charge < -0.3 is 34.4 Å². The van der Waals surface area contributed by atoms with Crippen LogP contribution in [-0.2, 0) is 19.0 Å². The van der Waals surface area contributed by atoms with Crippen molar-refractivity contribution in [1.29, 1.82) is 5.26 Å². The number of likely N-dealkylation sites (tertiary alicyclic amines) is 2. The SMILES string of the molecule is CO[C@@H]1[C@@H](OC(C)(C)O)CO[C@@H]1CN1CCC(C)(NCC(=O)N2CCC[C@H]2C#N)CC1. The first-order valence-corrected chi connectivity index (χ1v) is 11.4. The van der Waals surface area contributed by atoms with Crippen LogP contribution in [0.2, 0.25) is 0 Å². The number of nitrogens with zero attached hydrogens (tertiary/aromatic N) is 3. The van der Waals surface area contributed by atoms with Crippen LogP contribution in [0.3, 0.4) is 0 Å². The van der Waals surface area contributed by atoms with Gasteiger partial charge in [-0.1, -0.05) is 0 Å². The molecule has 0 aromatic rings. The summed E-state index contributed by atoms with van der Waals surface area (Å²) in [5, 5.41) is 22.6. The van der Waals surface area contributed by atoms with E-state index in [1.54, 1.807) is 25.9 Å². The van der Waals surface area contributed by atoms with Crippen LogP contribution >= 0.6 is 0 Å².